The minimum absolute atomic E-state index is 0.0537. The van der Waals surface area contributed by atoms with Gasteiger partial charge in [-0.3, -0.25) is 4.79 Å². The van der Waals surface area contributed by atoms with E-state index in [-0.39, 0.29) is 5.91 Å². The molecule has 0 atom stereocenters. The molecule has 0 spiro atoms. The molecule has 3 rings (SSSR count). The van der Waals surface area contributed by atoms with Crippen LogP contribution in [0, 0.1) is 13.8 Å². The highest BCUT2D eigenvalue weighted by Gasteiger charge is 2.10. The molecular formula is C20H18ClNOS. The number of halogens is 1. The molecule has 0 fully saturated rings. The molecule has 0 aromatic heterocycles. The number of carbonyl (C=O) groups excluding carboxylic acids is 1. The number of thioether (sulfide) groups is 1. The first-order chi connectivity index (χ1) is 11.5. The number of nitrogens with one attached hydrogen (secondary N) is 1. The van der Waals surface area contributed by atoms with Crippen LogP contribution >= 0.6 is 23.4 Å². The first-order valence-corrected chi connectivity index (χ1v) is 9.07. The topological polar surface area (TPSA) is 29.1 Å². The van der Waals surface area contributed by atoms with Gasteiger partial charge in [-0.25, -0.2) is 0 Å². The minimum atomic E-state index is -0.0537. The summed E-state index contributed by atoms with van der Waals surface area (Å²) in [6, 6.07) is 18.3. The van der Waals surface area contributed by atoms with Crippen LogP contribution < -0.4 is 5.32 Å². The summed E-state index contributed by atoms with van der Waals surface area (Å²) in [5, 5.41) is 5.88. The smallest absolute Gasteiger partial charge is 0.234 e. The summed E-state index contributed by atoms with van der Waals surface area (Å²) in [6.45, 7) is 3.94. The fraction of sp³-hybridized carbons (Fsp3) is 0.150. The third kappa shape index (κ3) is 3.92. The van der Waals surface area contributed by atoms with Crippen LogP contribution in [0.4, 0.5) is 5.69 Å². The van der Waals surface area contributed by atoms with E-state index in [1.165, 1.54) is 22.5 Å². The van der Waals surface area contributed by atoms with Gasteiger partial charge in [0.05, 0.1) is 16.5 Å². The summed E-state index contributed by atoms with van der Waals surface area (Å²) < 4.78 is 0. The quantitative estimate of drug-likeness (QED) is 0.595. The number of hydrogen-bond donors (Lipinski definition) is 1. The van der Waals surface area contributed by atoms with Gasteiger partial charge in [-0.1, -0.05) is 48.0 Å². The van der Waals surface area contributed by atoms with Crippen LogP contribution in [0.3, 0.4) is 0 Å². The molecule has 0 aliphatic heterocycles. The van der Waals surface area contributed by atoms with Gasteiger partial charge in [-0.15, -0.1) is 11.8 Å². The van der Waals surface area contributed by atoms with Crippen molar-refractivity contribution in [2.75, 3.05) is 11.1 Å². The zero-order valence-electron chi connectivity index (χ0n) is 13.6. The number of benzene rings is 3. The van der Waals surface area contributed by atoms with Gasteiger partial charge in [0.15, 0.2) is 0 Å². The maximum atomic E-state index is 12.2. The molecule has 122 valence electrons. The number of amides is 1. The average Bonchev–Trinajstić information content (AvgIpc) is 2.56. The van der Waals surface area contributed by atoms with E-state index in [0.29, 0.717) is 16.5 Å². The minimum Gasteiger partial charge on any atom is -0.324 e. The SMILES string of the molecule is Cc1cc(C)c(NC(=O)CSc2ccc3ccccc3c2)c(Cl)c1. The lowest BCUT2D eigenvalue weighted by atomic mass is 10.1. The van der Waals surface area contributed by atoms with Gasteiger partial charge in [-0.05, 0) is 53.9 Å². The molecule has 0 saturated heterocycles. The molecule has 0 radical (unpaired) electrons. The van der Waals surface area contributed by atoms with Crippen LogP contribution in [0.15, 0.2) is 59.5 Å². The van der Waals surface area contributed by atoms with E-state index in [0.717, 1.165) is 16.0 Å². The van der Waals surface area contributed by atoms with E-state index in [1.807, 2.05) is 44.2 Å². The van der Waals surface area contributed by atoms with E-state index in [4.69, 9.17) is 11.6 Å². The molecule has 3 aromatic rings. The van der Waals surface area contributed by atoms with Gasteiger partial charge in [0, 0.05) is 4.90 Å². The van der Waals surface area contributed by atoms with E-state index in [2.05, 4.69) is 29.6 Å². The first kappa shape index (κ1) is 16.9. The monoisotopic (exact) mass is 355 g/mol. The molecule has 0 heterocycles. The van der Waals surface area contributed by atoms with Gasteiger partial charge >= 0.3 is 0 Å². The molecule has 0 unspecified atom stereocenters. The van der Waals surface area contributed by atoms with Crippen molar-refractivity contribution in [3.05, 3.63) is 70.7 Å². The Hall–Kier alpha value is -1.97. The van der Waals surface area contributed by atoms with Crippen molar-refractivity contribution < 1.29 is 4.79 Å². The number of carbonyl (C=O) groups is 1. The molecule has 0 aliphatic carbocycles. The number of rotatable bonds is 4. The molecule has 24 heavy (non-hydrogen) atoms. The summed E-state index contributed by atoms with van der Waals surface area (Å²) >= 11 is 7.76. The summed E-state index contributed by atoms with van der Waals surface area (Å²) in [5.74, 6) is 0.295. The Morgan fingerprint density at radius 2 is 1.79 bits per heavy atom. The van der Waals surface area contributed by atoms with Crippen molar-refractivity contribution in [3.8, 4) is 0 Å². The van der Waals surface area contributed by atoms with Gasteiger partial charge in [0.1, 0.15) is 0 Å². The Bertz CT molecular complexity index is 884. The fourth-order valence-electron chi connectivity index (χ4n) is 2.66. The van der Waals surface area contributed by atoms with Crippen LogP contribution in [0.2, 0.25) is 5.02 Å². The molecule has 4 heteroatoms. The molecule has 0 bridgehead atoms. The van der Waals surface area contributed by atoms with Crippen LogP contribution in [0.5, 0.6) is 0 Å². The predicted octanol–water partition coefficient (Wildman–Crippen LogP) is 5.84. The number of aryl methyl sites for hydroxylation is 2. The highest BCUT2D eigenvalue weighted by atomic mass is 35.5. The van der Waals surface area contributed by atoms with Crippen molar-refractivity contribution in [1.29, 1.82) is 0 Å². The molecule has 1 N–H and O–H groups in total. The maximum absolute atomic E-state index is 12.2. The van der Waals surface area contributed by atoms with E-state index >= 15 is 0 Å². The van der Waals surface area contributed by atoms with Crippen molar-refractivity contribution in [3.63, 3.8) is 0 Å². The van der Waals surface area contributed by atoms with Crippen LogP contribution in [-0.2, 0) is 4.79 Å². The lowest BCUT2D eigenvalue weighted by Gasteiger charge is -2.11. The molecule has 0 aliphatic rings. The fourth-order valence-corrected chi connectivity index (χ4v) is 3.77. The van der Waals surface area contributed by atoms with Crippen molar-refractivity contribution in [1.82, 2.24) is 0 Å². The zero-order chi connectivity index (χ0) is 17.1. The van der Waals surface area contributed by atoms with E-state index in [9.17, 15) is 4.79 Å². The largest absolute Gasteiger partial charge is 0.324 e. The van der Waals surface area contributed by atoms with Crippen LogP contribution in [0.1, 0.15) is 11.1 Å². The van der Waals surface area contributed by atoms with Crippen LogP contribution in [0.25, 0.3) is 10.8 Å². The Morgan fingerprint density at radius 1 is 1.04 bits per heavy atom. The van der Waals surface area contributed by atoms with Crippen LogP contribution in [-0.4, -0.2) is 11.7 Å². The van der Waals surface area contributed by atoms with Gasteiger partial charge in [0.25, 0.3) is 0 Å². The predicted molar refractivity (Wildman–Crippen MR) is 104 cm³/mol. The summed E-state index contributed by atoms with van der Waals surface area (Å²) in [7, 11) is 0. The zero-order valence-corrected chi connectivity index (χ0v) is 15.2. The second kappa shape index (κ2) is 7.29. The number of hydrogen-bond acceptors (Lipinski definition) is 2. The first-order valence-electron chi connectivity index (χ1n) is 7.71. The molecule has 2 nitrogen and oxygen atoms in total. The maximum Gasteiger partial charge on any atom is 0.234 e. The summed E-state index contributed by atoms with van der Waals surface area (Å²) in [6.07, 6.45) is 0. The second-order valence-corrected chi connectivity index (χ2v) is 7.24. The normalized spacial score (nSPS) is 10.8. The standard InChI is InChI=1S/C20H18ClNOS/c1-13-9-14(2)20(18(21)10-13)22-19(23)12-24-17-8-7-15-5-3-4-6-16(15)11-17/h3-11H,12H2,1-2H3,(H,22,23). The van der Waals surface area contributed by atoms with Gasteiger partial charge in [0.2, 0.25) is 5.91 Å². The Labute approximate surface area is 151 Å². The van der Waals surface area contributed by atoms with Crippen molar-refractivity contribution in [2.24, 2.45) is 0 Å². The summed E-state index contributed by atoms with van der Waals surface area (Å²) in [5.41, 5.74) is 2.76. The summed E-state index contributed by atoms with van der Waals surface area (Å²) in [4.78, 5) is 13.3. The highest BCUT2D eigenvalue weighted by Crippen LogP contribution is 2.28. The average molecular weight is 356 g/mol. The van der Waals surface area contributed by atoms with Crippen molar-refractivity contribution >= 4 is 45.7 Å². The molecular weight excluding hydrogens is 338 g/mol. The second-order valence-electron chi connectivity index (χ2n) is 5.78. The van der Waals surface area contributed by atoms with E-state index in [1.54, 1.807) is 0 Å². The Balaban J connectivity index is 1.67. The highest BCUT2D eigenvalue weighted by molar-refractivity contribution is 8.00. The van der Waals surface area contributed by atoms with Gasteiger partial charge in [-0.2, -0.15) is 0 Å². The van der Waals surface area contributed by atoms with Gasteiger partial charge < -0.3 is 5.32 Å². The number of fused-ring (bicyclic) bond motifs is 1. The van der Waals surface area contributed by atoms with E-state index < -0.39 is 0 Å². The number of anilines is 1. The Morgan fingerprint density at radius 3 is 2.54 bits per heavy atom. The lowest BCUT2D eigenvalue weighted by molar-refractivity contribution is -0.113. The lowest BCUT2D eigenvalue weighted by Crippen LogP contribution is -2.15. The van der Waals surface area contributed by atoms with Crippen molar-refractivity contribution in [2.45, 2.75) is 18.7 Å². The molecule has 1 amide bonds. The molecule has 3 aromatic carbocycles. The third-order valence-corrected chi connectivity index (χ3v) is 5.08. The Kier molecular flexibility index (Phi) is 5.12. The molecule has 0 saturated carbocycles. The third-order valence-electron chi connectivity index (χ3n) is 3.79.